The zero-order chi connectivity index (χ0) is 11.0. The van der Waals surface area contributed by atoms with E-state index in [1.54, 1.807) is 13.8 Å². The third kappa shape index (κ3) is 5.17. The summed E-state index contributed by atoms with van der Waals surface area (Å²) >= 11 is 0. The molecule has 0 saturated carbocycles. The molecule has 3 N–H and O–H groups in total. The molecule has 0 radical (unpaired) electrons. The van der Waals surface area contributed by atoms with E-state index in [1.165, 1.54) is 7.05 Å². The molecule has 0 rings (SSSR count). The van der Waals surface area contributed by atoms with Crippen LogP contribution in [0.25, 0.3) is 0 Å². The first-order valence-electron chi connectivity index (χ1n) is 4.27. The summed E-state index contributed by atoms with van der Waals surface area (Å²) in [5.41, 5.74) is 0. The molecule has 0 aliphatic heterocycles. The molecule has 14 heavy (non-hydrogen) atoms. The van der Waals surface area contributed by atoms with Crippen molar-refractivity contribution >= 4 is 11.9 Å². The van der Waals surface area contributed by atoms with Crippen molar-refractivity contribution in [2.45, 2.75) is 19.9 Å². The second-order valence-electron chi connectivity index (χ2n) is 2.60. The van der Waals surface area contributed by atoms with Crippen LogP contribution in [-0.4, -0.2) is 31.6 Å². The number of nitrogens with one attached hydrogen (secondary N) is 3. The Kier molecular flexibility index (Phi) is 6.16. The Bertz CT molecular complexity index is 265. The van der Waals surface area contributed by atoms with Gasteiger partial charge in [-0.25, -0.2) is 4.79 Å². The molecule has 0 aromatic rings. The van der Waals surface area contributed by atoms with Crippen LogP contribution in [0, 0.1) is 11.8 Å². The van der Waals surface area contributed by atoms with Gasteiger partial charge in [0.2, 0.25) is 5.91 Å². The summed E-state index contributed by atoms with van der Waals surface area (Å²) in [6.45, 7) is 3.81. The van der Waals surface area contributed by atoms with Gasteiger partial charge in [-0.1, -0.05) is 5.92 Å². The van der Waals surface area contributed by atoms with Crippen LogP contribution in [0.5, 0.6) is 0 Å². The average molecular weight is 197 g/mol. The summed E-state index contributed by atoms with van der Waals surface area (Å²) in [6, 6.07) is -0.946. The fourth-order valence-corrected chi connectivity index (χ4v) is 0.668. The first kappa shape index (κ1) is 12.5. The lowest BCUT2D eigenvalue weighted by Crippen LogP contribution is -2.47. The SMILES string of the molecule is CC#CCNC(C)C(=O)NC(=O)NC. The van der Waals surface area contributed by atoms with Gasteiger partial charge in [0.05, 0.1) is 12.6 Å². The number of imide groups is 1. The number of hydrogen-bond donors (Lipinski definition) is 3. The van der Waals surface area contributed by atoms with Crippen molar-refractivity contribution in [1.29, 1.82) is 0 Å². The van der Waals surface area contributed by atoms with Gasteiger partial charge >= 0.3 is 6.03 Å². The largest absolute Gasteiger partial charge is 0.341 e. The number of urea groups is 1. The molecule has 0 heterocycles. The van der Waals surface area contributed by atoms with Crippen molar-refractivity contribution in [2.75, 3.05) is 13.6 Å². The minimum absolute atomic E-state index is 0.373. The monoisotopic (exact) mass is 197 g/mol. The third-order valence-electron chi connectivity index (χ3n) is 1.53. The number of carbonyl (C=O) groups is 2. The molecule has 1 unspecified atom stereocenters. The summed E-state index contributed by atoms with van der Waals surface area (Å²) in [5.74, 6) is 5.08. The molecule has 5 heteroatoms. The van der Waals surface area contributed by atoms with Gasteiger partial charge in [-0.15, -0.1) is 5.92 Å². The van der Waals surface area contributed by atoms with Gasteiger partial charge in [0.25, 0.3) is 0 Å². The molecule has 1 atom stereocenters. The molecule has 0 saturated heterocycles. The van der Waals surface area contributed by atoms with E-state index in [4.69, 9.17) is 0 Å². The maximum Gasteiger partial charge on any atom is 0.321 e. The van der Waals surface area contributed by atoms with Crippen molar-refractivity contribution in [1.82, 2.24) is 16.0 Å². The molecule has 0 bridgehead atoms. The Morgan fingerprint density at radius 2 is 2.07 bits per heavy atom. The van der Waals surface area contributed by atoms with Crippen molar-refractivity contribution in [3.8, 4) is 11.8 Å². The van der Waals surface area contributed by atoms with Gasteiger partial charge in [-0.3, -0.25) is 15.4 Å². The van der Waals surface area contributed by atoms with E-state index in [0.717, 1.165) is 0 Å². The van der Waals surface area contributed by atoms with E-state index in [2.05, 4.69) is 27.8 Å². The quantitative estimate of drug-likeness (QED) is 0.531. The predicted molar refractivity (Wildman–Crippen MR) is 53.5 cm³/mol. The highest BCUT2D eigenvalue weighted by atomic mass is 16.2. The predicted octanol–water partition coefficient (Wildman–Crippen LogP) is -0.557. The Labute approximate surface area is 83.6 Å². The summed E-state index contributed by atoms with van der Waals surface area (Å²) in [5, 5.41) is 7.30. The van der Waals surface area contributed by atoms with Crippen LogP contribution in [0.2, 0.25) is 0 Å². The molecular formula is C9H15N3O2. The minimum atomic E-state index is -0.509. The lowest BCUT2D eigenvalue weighted by Gasteiger charge is -2.10. The van der Waals surface area contributed by atoms with Gasteiger partial charge in [0.15, 0.2) is 0 Å². The molecule has 0 aliphatic rings. The topological polar surface area (TPSA) is 70.2 Å². The molecule has 78 valence electrons. The van der Waals surface area contributed by atoms with Gasteiger partial charge in [-0.05, 0) is 13.8 Å². The maximum absolute atomic E-state index is 11.2. The summed E-state index contributed by atoms with van der Waals surface area (Å²) in [6.07, 6.45) is 0. The number of amides is 3. The van der Waals surface area contributed by atoms with Gasteiger partial charge in [0.1, 0.15) is 0 Å². The second-order valence-corrected chi connectivity index (χ2v) is 2.60. The van der Waals surface area contributed by atoms with E-state index in [9.17, 15) is 9.59 Å². The molecule has 0 aromatic carbocycles. The number of hydrogen-bond acceptors (Lipinski definition) is 3. The smallest absolute Gasteiger partial charge is 0.321 e. The molecule has 0 aliphatic carbocycles. The minimum Gasteiger partial charge on any atom is -0.341 e. The summed E-state index contributed by atoms with van der Waals surface area (Å²) in [7, 11) is 1.45. The Balaban J connectivity index is 3.85. The van der Waals surface area contributed by atoms with Gasteiger partial charge < -0.3 is 5.32 Å². The highest BCUT2D eigenvalue weighted by molar-refractivity contribution is 5.96. The van der Waals surface area contributed by atoms with E-state index < -0.39 is 12.1 Å². The number of rotatable bonds is 3. The van der Waals surface area contributed by atoms with Crippen LogP contribution in [0.1, 0.15) is 13.8 Å². The second kappa shape index (κ2) is 6.92. The highest BCUT2D eigenvalue weighted by Gasteiger charge is 2.13. The Morgan fingerprint density at radius 3 is 2.57 bits per heavy atom. The maximum atomic E-state index is 11.2. The molecule has 0 spiro atoms. The molecule has 5 nitrogen and oxygen atoms in total. The van der Waals surface area contributed by atoms with Crippen LogP contribution in [0.3, 0.4) is 0 Å². The fourth-order valence-electron chi connectivity index (χ4n) is 0.668. The van der Waals surface area contributed by atoms with Gasteiger partial charge in [0, 0.05) is 7.05 Å². The molecule has 3 amide bonds. The van der Waals surface area contributed by atoms with Crippen LogP contribution in [-0.2, 0) is 4.79 Å². The van der Waals surface area contributed by atoms with Crippen molar-refractivity contribution < 1.29 is 9.59 Å². The van der Waals surface area contributed by atoms with Crippen LogP contribution >= 0.6 is 0 Å². The van der Waals surface area contributed by atoms with E-state index in [0.29, 0.717) is 6.54 Å². The molecular weight excluding hydrogens is 182 g/mol. The highest BCUT2D eigenvalue weighted by Crippen LogP contribution is 1.80. The van der Waals surface area contributed by atoms with E-state index in [1.807, 2.05) is 0 Å². The van der Waals surface area contributed by atoms with Gasteiger partial charge in [-0.2, -0.15) is 0 Å². The lowest BCUT2D eigenvalue weighted by atomic mass is 10.3. The Morgan fingerprint density at radius 1 is 1.43 bits per heavy atom. The van der Waals surface area contributed by atoms with Crippen molar-refractivity contribution in [2.24, 2.45) is 0 Å². The zero-order valence-corrected chi connectivity index (χ0v) is 8.60. The normalized spacial score (nSPS) is 10.8. The lowest BCUT2D eigenvalue weighted by molar-refractivity contribution is -0.121. The van der Waals surface area contributed by atoms with E-state index in [-0.39, 0.29) is 5.91 Å². The molecule has 0 aromatic heterocycles. The van der Waals surface area contributed by atoms with E-state index >= 15 is 0 Å². The number of carbonyl (C=O) groups excluding carboxylic acids is 2. The standard InChI is InChI=1S/C9H15N3O2/c1-4-5-6-11-7(2)8(13)12-9(14)10-3/h7,11H,6H2,1-3H3,(H2,10,12,13,14). The first-order chi connectivity index (χ1) is 6.61. The van der Waals surface area contributed by atoms with Crippen LogP contribution < -0.4 is 16.0 Å². The summed E-state index contributed by atoms with van der Waals surface area (Å²) in [4.78, 5) is 22.0. The van der Waals surface area contributed by atoms with Crippen LogP contribution in [0.15, 0.2) is 0 Å². The van der Waals surface area contributed by atoms with Crippen molar-refractivity contribution in [3.63, 3.8) is 0 Å². The average Bonchev–Trinajstić information content (AvgIpc) is 2.17. The van der Waals surface area contributed by atoms with Crippen molar-refractivity contribution in [3.05, 3.63) is 0 Å². The first-order valence-corrected chi connectivity index (χ1v) is 4.27. The third-order valence-corrected chi connectivity index (χ3v) is 1.53. The van der Waals surface area contributed by atoms with Crippen LogP contribution in [0.4, 0.5) is 4.79 Å². The summed E-state index contributed by atoms with van der Waals surface area (Å²) < 4.78 is 0. The zero-order valence-electron chi connectivity index (χ0n) is 8.60. The fraction of sp³-hybridized carbons (Fsp3) is 0.556. The molecule has 0 fully saturated rings. The Hall–Kier alpha value is -1.54.